The highest BCUT2D eigenvalue weighted by atomic mass is 16.6. The molecule has 1 atom stereocenters. The Labute approximate surface area is 177 Å². The number of hydrogen-bond donors (Lipinski definition) is 4. The summed E-state index contributed by atoms with van der Waals surface area (Å²) in [6.07, 6.45) is 1.51. The molecule has 160 valence electrons. The van der Waals surface area contributed by atoms with Gasteiger partial charge in [-0.3, -0.25) is 9.78 Å². The fourth-order valence-corrected chi connectivity index (χ4v) is 3.34. The molecule has 4 rings (SSSR count). The van der Waals surface area contributed by atoms with Gasteiger partial charge in [-0.15, -0.1) is 0 Å². The minimum absolute atomic E-state index is 0.0964. The maximum Gasteiger partial charge on any atom is 0.255 e. The molecule has 4 aromatic rings. The van der Waals surface area contributed by atoms with Crippen LogP contribution in [0.2, 0.25) is 0 Å². The first-order valence-electron chi connectivity index (χ1n) is 9.72. The zero-order valence-electron chi connectivity index (χ0n) is 16.8. The first-order chi connectivity index (χ1) is 15.0. The number of aliphatic hydroxyl groups is 1. The van der Waals surface area contributed by atoms with Gasteiger partial charge in [0.2, 0.25) is 0 Å². The number of nitrogen functional groups attached to an aromatic ring is 1. The molecule has 0 aliphatic heterocycles. The van der Waals surface area contributed by atoms with Crippen molar-refractivity contribution >= 4 is 22.8 Å². The summed E-state index contributed by atoms with van der Waals surface area (Å²) in [7, 11) is 0. The topological polar surface area (TPSA) is 171 Å². The number of benzene rings is 1. The van der Waals surface area contributed by atoms with Crippen molar-refractivity contribution in [1.82, 2.24) is 30.2 Å². The number of carbonyl (C=O) groups is 1. The summed E-state index contributed by atoms with van der Waals surface area (Å²) in [5.41, 5.74) is 14.8. The van der Waals surface area contributed by atoms with Gasteiger partial charge in [-0.1, -0.05) is 30.3 Å². The second-order valence-electron chi connectivity index (χ2n) is 6.91. The highest BCUT2D eigenvalue weighted by molar-refractivity contribution is 6.08. The van der Waals surface area contributed by atoms with Crippen LogP contribution in [0.5, 0.6) is 0 Å². The number of pyridine rings is 1. The van der Waals surface area contributed by atoms with E-state index in [0.717, 1.165) is 5.56 Å². The number of carbonyl (C=O) groups excluding carboxylic acids is 1. The molecule has 0 aliphatic rings. The Morgan fingerprint density at radius 2 is 2.03 bits per heavy atom. The first kappa shape index (κ1) is 20.4. The molecule has 0 radical (unpaired) electrons. The Hall–Kier alpha value is -3.83. The summed E-state index contributed by atoms with van der Waals surface area (Å²) in [5, 5.41) is 19.4. The minimum atomic E-state index is -0.566. The van der Waals surface area contributed by atoms with Crippen LogP contribution in [0.25, 0.3) is 33.8 Å². The van der Waals surface area contributed by atoms with E-state index in [9.17, 15) is 4.79 Å². The molecule has 0 aliphatic carbocycles. The van der Waals surface area contributed by atoms with E-state index in [1.807, 2.05) is 41.8 Å². The molecule has 0 saturated heterocycles. The van der Waals surface area contributed by atoms with Gasteiger partial charge in [0.15, 0.2) is 17.3 Å². The molecule has 31 heavy (non-hydrogen) atoms. The molecule has 3 heterocycles. The number of aryl methyl sites for hydroxylation is 1. The molecule has 0 bridgehead atoms. The van der Waals surface area contributed by atoms with E-state index in [-0.39, 0.29) is 30.6 Å². The summed E-state index contributed by atoms with van der Waals surface area (Å²) in [6, 6.07) is 8.97. The quantitative estimate of drug-likeness (QED) is 0.336. The van der Waals surface area contributed by atoms with Crippen molar-refractivity contribution in [3.63, 3.8) is 0 Å². The van der Waals surface area contributed by atoms with Gasteiger partial charge in [-0.05, 0) is 17.2 Å². The number of fused-ring (bicyclic) bond motifs is 1. The second-order valence-corrected chi connectivity index (χ2v) is 6.91. The lowest BCUT2D eigenvalue weighted by Crippen LogP contribution is -2.39. The number of nitrogens with one attached hydrogen (secondary N) is 1. The van der Waals surface area contributed by atoms with E-state index in [1.165, 1.54) is 6.20 Å². The standard InChI is InChI=1S/C20H22N8O3/c1-2-28-17-13(20(30)24-8-12(21)10-29)9-23-14(11-6-4-3-5-7-11)15(17)25-19(28)16-18(22)27-31-26-16/h3-7,9,12,29H,2,8,10,21H2,1H3,(H2,22,27)(H,24,30). The predicted octanol–water partition coefficient (Wildman–Crippen LogP) is 0.800. The van der Waals surface area contributed by atoms with Gasteiger partial charge in [0.1, 0.15) is 5.52 Å². The molecule has 3 aromatic heterocycles. The molecule has 0 fully saturated rings. The lowest BCUT2D eigenvalue weighted by atomic mass is 10.1. The van der Waals surface area contributed by atoms with E-state index in [2.05, 4.69) is 20.6 Å². The van der Waals surface area contributed by atoms with Crippen molar-refractivity contribution in [3.8, 4) is 22.8 Å². The SMILES string of the molecule is CCn1c(-c2nonc2N)nc2c(-c3ccccc3)ncc(C(=O)NCC(N)CO)c21. The summed E-state index contributed by atoms with van der Waals surface area (Å²) in [4.78, 5) is 22.2. The van der Waals surface area contributed by atoms with Crippen LogP contribution in [-0.4, -0.2) is 55.1 Å². The minimum Gasteiger partial charge on any atom is -0.395 e. The number of hydrogen-bond acceptors (Lipinski definition) is 9. The van der Waals surface area contributed by atoms with Crippen molar-refractivity contribution in [1.29, 1.82) is 0 Å². The van der Waals surface area contributed by atoms with Crippen LogP contribution >= 0.6 is 0 Å². The van der Waals surface area contributed by atoms with Gasteiger partial charge in [0.25, 0.3) is 5.91 Å². The zero-order valence-corrected chi connectivity index (χ0v) is 16.8. The number of amides is 1. The first-order valence-corrected chi connectivity index (χ1v) is 9.72. The summed E-state index contributed by atoms with van der Waals surface area (Å²) in [6.45, 7) is 2.27. The fourth-order valence-electron chi connectivity index (χ4n) is 3.34. The Kier molecular flexibility index (Phi) is 5.60. The van der Waals surface area contributed by atoms with Crippen LogP contribution in [0.15, 0.2) is 41.2 Å². The lowest BCUT2D eigenvalue weighted by Gasteiger charge is -2.12. The lowest BCUT2D eigenvalue weighted by molar-refractivity contribution is 0.0949. The summed E-state index contributed by atoms with van der Waals surface area (Å²) in [5.74, 6) is 0.134. The average Bonchev–Trinajstić information content (AvgIpc) is 3.39. The molecule has 0 saturated carbocycles. The number of imidazole rings is 1. The van der Waals surface area contributed by atoms with Gasteiger partial charge in [-0.2, -0.15) is 0 Å². The second kappa shape index (κ2) is 8.50. The Morgan fingerprint density at radius 1 is 1.26 bits per heavy atom. The van der Waals surface area contributed by atoms with Crippen LogP contribution < -0.4 is 16.8 Å². The molecule has 1 amide bonds. The molecule has 0 spiro atoms. The Balaban J connectivity index is 1.94. The maximum atomic E-state index is 13.0. The monoisotopic (exact) mass is 422 g/mol. The average molecular weight is 422 g/mol. The third-order valence-corrected chi connectivity index (χ3v) is 4.86. The third-order valence-electron chi connectivity index (χ3n) is 4.86. The van der Waals surface area contributed by atoms with Gasteiger partial charge >= 0.3 is 0 Å². The van der Waals surface area contributed by atoms with E-state index in [1.54, 1.807) is 0 Å². The van der Waals surface area contributed by atoms with Crippen LogP contribution in [0.4, 0.5) is 5.82 Å². The number of nitrogens with two attached hydrogens (primary N) is 2. The number of nitrogens with zero attached hydrogens (tertiary/aromatic N) is 5. The van der Waals surface area contributed by atoms with Gasteiger partial charge in [0.05, 0.1) is 23.4 Å². The molecular weight excluding hydrogens is 400 g/mol. The molecule has 1 aromatic carbocycles. The van der Waals surface area contributed by atoms with Crippen LogP contribution in [0.1, 0.15) is 17.3 Å². The van der Waals surface area contributed by atoms with Crippen LogP contribution in [0, 0.1) is 0 Å². The third kappa shape index (κ3) is 3.71. The van der Waals surface area contributed by atoms with Gasteiger partial charge < -0.3 is 26.5 Å². The van der Waals surface area contributed by atoms with E-state index in [4.69, 9.17) is 26.2 Å². The van der Waals surface area contributed by atoms with Crippen molar-refractivity contribution in [2.45, 2.75) is 19.5 Å². The van der Waals surface area contributed by atoms with Gasteiger partial charge in [-0.25, -0.2) is 9.61 Å². The van der Waals surface area contributed by atoms with E-state index >= 15 is 0 Å². The largest absolute Gasteiger partial charge is 0.395 e. The zero-order chi connectivity index (χ0) is 22.0. The van der Waals surface area contributed by atoms with Crippen LogP contribution in [-0.2, 0) is 6.54 Å². The van der Waals surface area contributed by atoms with E-state index < -0.39 is 6.04 Å². The van der Waals surface area contributed by atoms with Crippen molar-refractivity contribution in [2.75, 3.05) is 18.9 Å². The Bertz CT molecular complexity index is 1220. The number of aromatic nitrogens is 5. The molecule has 11 nitrogen and oxygen atoms in total. The Morgan fingerprint density at radius 3 is 2.68 bits per heavy atom. The molecule has 1 unspecified atom stereocenters. The molecular formula is C20H22N8O3. The fraction of sp³-hybridized carbons (Fsp3) is 0.250. The van der Waals surface area contributed by atoms with Crippen LogP contribution in [0.3, 0.4) is 0 Å². The number of rotatable bonds is 7. The van der Waals surface area contributed by atoms with Crippen molar-refractivity contribution in [3.05, 3.63) is 42.1 Å². The summed E-state index contributed by atoms with van der Waals surface area (Å²) < 4.78 is 6.57. The number of anilines is 1. The molecule has 6 N–H and O–H groups in total. The molecule has 11 heteroatoms. The normalized spacial score (nSPS) is 12.2. The highest BCUT2D eigenvalue weighted by Gasteiger charge is 2.25. The smallest absolute Gasteiger partial charge is 0.255 e. The maximum absolute atomic E-state index is 13.0. The predicted molar refractivity (Wildman–Crippen MR) is 114 cm³/mol. The highest BCUT2D eigenvalue weighted by Crippen LogP contribution is 2.33. The number of aliphatic hydroxyl groups excluding tert-OH is 1. The van der Waals surface area contributed by atoms with E-state index in [0.29, 0.717) is 34.7 Å². The van der Waals surface area contributed by atoms with Gasteiger partial charge in [0, 0.05) is 30.9 Å². The van der Waals surface area contributed by atoms with Crippen molar-refractivity contribution in [2.24, 2.45) is 5.73 Å². The van der Waals surface area contributed by atoms with Crippen molar-refractivity contribution < 1.29 is 14.5 Å². The summed E-state index contributed by atoms with van der Waals surface area (Å²) >= 11 is 0.